The van der Waals surface area contributed by atoms with Crippen LogP contribution in [0.3, 0.4) is 0 Å². The molecule has 136 valence electrons. The number of aromatic nitrogens is 2. The van der Waals surface area contributed by atoms with E-state index in [4.69, 9.17) is 0 Å². The van der Waals surface area contributed by atoms with Crippen molar-refractivity contribution in [3.63, 3.8) is 0 Å². The molecule has 1 saturated heterocycles. The molecule has 2 N–H and O–H groups in total. The third-order valence-electron chi connectivity index (χ3n) is 4.58. The summed E-state index contributed by atoms with van der Waals surface area (Å²) >= 11 is 0. The van der Waals surface area contributed by atoms with E-state index in [1.807, 2.05) is 18.2 Å². The zero-order valence-electron chi connectivity index (χ0n) is 14.2. The lowest BCUT2D eigenvalue weighted by Crippen LogP contribution is -2.33. The number of carbonyl (C=O) groups excluding carboxylic acids is 1. The van der Waals surface area contributed by atoms with E-state index in [0.717, 1.165) is 19.5 Å². The van der Waals surface area contributed by atoms with Crippen molar-refractivity contribution in [3.8, 4) is 0 Å². The second-order valence-electron chi connectivity index (χ2n) is 6.36. The summed E-state index contributed by atoms with van der Waals surface area (Å²) in [4.78, 5) is 28.6. The maximum absolute atomic E-state index is 12.3. The molecule has 1 atom stereocenters. The SMILES string of the molecule is Cl.O=C(CCn1cnc2ccccc2c1=O)NCCC1CCCNC1. The van der Waals surface area contributed by atoms with Crippen LogP contribution in [-0.4, -0.2) is 35.1 Å². The first-order chi connectivity index (χ1) is 11.7. The van der Waals surface area contributed by atoms with E-state index < -0.39 is 0 Å². The van der Waals surface area contributed by atoms with Crippen molar-refractivity contribution in [1.29, 1.82) is 0 Å². The highest BCUT2D eigenvalue weighted by molar-refractivity contribution is 5.85. The lowest BCUT2D eigenvalue weighted by Gasteiger charge is -2.22. The van der Waals surface area contributed by atoms with Crippen LogP contribution in [0.5, 0.6) is 0 Å². The lowest BCUT2D eigenvalue weighted by molar-refractivity contribution is -0.121. The number of hydrogen-bond donors (Lipinski definition) is 2. The van der Waals surface area contributed by atoms with Gasteiger partial charge in [-0.3, -0.25) is 14.2 Å². The van der Waals surface area contributed by atoms with Crippen molar-refractivity contribution in [2.24, 2.45) is 5.92 Å². The molecule has 0 bridgehead atoms. The monoisotopic (exact) mass is 364 g/mol. The van der Waals surface area contributed by atoms with Gasteiger partial charge in [0.1, 0.15) is 0 Å². The molecule has 0 aliphatic carbocycles. The van der Waals surface area contributed by atoms with Gasteiger partial charge >= 0.3 is 0 Å². The summed E-state index contributed by atoms with van der Waals surface area (Å²) in [5.74, 6) is 0.644. The van der Waals surface area contributed by atoms with E-state index in [9.17, 15) is 9.59 Å². The van der Waals surface area contributed by atoms with Gasteiger partial charge in [0, 0.05) is 19.5 Å². The van der Waals surface area contributed by atoms with Crippen LogP contribution < -0.4 is 16.2 Å². The molecule has 0 saturated carbocycles. The Hall–Kier alpha value is -1.92. The Morgan fingerprint density at radius 3 is 3.00 bits per heavy atom. The molecule has 25 heavy (non-hydrogen) atoms. The zero-order valence-corrected chi connectivity index (χ0v) is 15.1. The number of hydrogen-bond acceptors (Lipinski definition) is 4. The summed E-state index contributed by atoms with van der Waals surface area (Å²) in [6, 6.07) is 7.25. The average molecular weight is 365 g/mol. The average Bonchev–Trinajstić information content (AvgIpc) is 2.62. The Morgan fingerprint density at radius 2 is 2.20 bits per heavy atom. The fourth-order valence-electron chi connectivity index (χ4n) is 3.16. The number of fused-ring (bicyclic) bond motifs is 1. The molecule has 1 aliphatic heterocycles. The van der Waals surface area contributed by atoms with Crippen molar-refractivity contribution in [3.05, 3.63) is 40.9 Å². The van der Waals surface area contributed by atoms with Gasteiger partial charge in [-0.1, -0.05) is 12.1 Å². The number of nitrogens with zero attached hydrogens (tertiary/aromatic N) is 2. The van der Waals surface area contributed by atoms with Crippen molar-refractivity contribution in [1.82, 2.24) is 20.2 Å². The van der Waals surface area contributed by atoms with Crippen LogP contribution in [0.25, 0.3) is 10.9 Å². The number of aryl methyl sites for hydroxylation is 1. The van der Waals surface area contributed by atoms with Crippen molar-refractivity contribution >= 4 is 29.2 Å². The Balaban J connectivity index is 0.00000225. The first kappa shape index (κ1) is 19.4. The summed E-state index contributed by atoms with van der Waals surface area (Å²) in [6.07, 6.45) is 5.28. The topological polar surface area (TPSA) is 76.0 Å². The van der Waals surface area contributed by atoms with Crippen LogP contribution in [0.2, 0.25) is 0 Å². The van der Waals surface area contributed by atoms with Crippen molar-refractivity contribution in [2.45, 2.75) is 32.2 Å². The minimum absolute atomic E-state index is 0. The van der Waals surface area contributed by atoms with E-state index >= 15 is 0 Å². The van der Waals surface area contributed by atoms with Crippen molar-refractivity contribution < 1.29 is 4.79 Å². The van der Waals surface area contributed by atoms with Gasteiger partial charge in [-0.2, -0.15) is 0 Å². The summed E-state index contributed by atoms with van der Waals surface area (Å²) < 4.78 is 1.51. The maximum atomic E-state index is 12.3. The van der Waals surface area contributed by atoms with Crippen LogP contribution in [0.1, 0.15) is 25.7 Å². The highest BCUT2D eigenvalue weighted by Crippen LogP contribution is 2.12. The molecule has 1 amide bonds. The first-order valence-electron chi connectivity index (χ1n) is 8.65. The number of benzene rings is 1. The Morgan fingerprint density at radius 1 is 1.36 bits per heavy atom. The van der Waals surface area contributed by atoms with Gasteiger partial charge < -0.3 is 10.6 Å². The smallest absolute Gasteiger partial charge is 0.261 e. The highest BCUT2D eigenvalue weighted by Gasteiger charge is 2.13. The quantitative estimate of drug-likeness (QED) is 0.818. The molecule has 2 aromatic rings. The van der Waals surface area contributed by atoms with Crippen molar-refractivity contribution in [2.75, 3.05) is 19.6 Å². The van der Waals surface area contributed by atoms with E-state index in [1.165, 1.54) is 23.7 Å². The molecule has 0 radical (unpaired) electrons. The molecule has 1 aromatic carbocycles. The summed E-state index contributed by atoms with van der Waals surface area (Å²) in [6.45, 7) is 3.22. The van der Waals surface area contributed by atoms with E-state index in [2.05, 4.69) is 15.6 Å². The van der Waals surface area contributed by atoms with E-state index in [-0.39, 0.29) is 23.9 Å². The highest BCUT2D eigenvalue weighted by atomic mass is 35.5. The Labute approximate surface area is 153 Å². The normalized spacial score (nSPS) is 17.0. The predicted molar refractivity (Wildman–Crippen MR) is 101 cm³/mol. The third-order valence-corrected chi connectivity index (χ3v) is 4.58. The van der Waals surface area contributed by atoms with Gasteiger partial charge in [0.25, 0.3) is 5.56 Å². The lowest BCUT2D eigenvalue weighted by atomic mass is 9.96. The molecule has 0 spiro atoms. The van der Waals surface area contributed by atoms with Gasteiger partial charge in [0.2, 0.25) is 5.91 Å². The number of carbonyl (C=O) groups is 1. The molecule has 2 heterocycles. The molecule has 1 aromatic heterocycles. The van der Waals surface area contributed by atoms with Crippen LogP contribution in [0.4, 0.5) is 0 Å². The minimum Gasteiger partial charge on any atom is -0.356 e. The molecular formula is C18H25ClN4O2. The second kappa shape index (κ2) is 9.53. The third kappa shape index (κ3) is 5.28. The number of halogens is 1. The fraction of sp³-hybridized carbons (Fsp3) is 0.500. The largest absolute Gasteiger partial charge is 0.356 e. The minimum atomic E-state index is -0.0957. The molecule has 1 aliphatic rings. The van der Waals surface area contributed by atoms with Crippen LogP contribution in [0, 0.1) is 5.92 Å². The van der Waals surface area contributed by atoms with Crippen LogP contribution >= 0.6 is 12.4 Å². The molecular weight excluding hydrogens is 340 g/mol. The number of amides is 1. The van der Waals surface area contributed by atoms with Gasteiger partial charge in [0.15, 0.2) is 0 Å². The Kier molecular flexibility index (Phi) is 7.40. The predicted octanol–water partition coefficient (Wildman–Crippen LogP) is 1.71. The maximum Gasteiger partial charge on any atom is 0.261 e. The van der Waals surface area contributed by atoms with Gasteiger partial charge in [0.05, 0.1) is 17.2 Å². The summed E-state index contributed by atoms with van der Waals surface area (Å²) in [7, 11) is 0. The molecule has 6 nitrogen and oxygen atoms in total. The summed E-state index contributed by atoms with van der Waals surface area (Å²) in [5, 5.41) is 6.93. The molecule has 7 heteroatoms. The number of para-hydroxylation sites is 1. The van der Waals surface area contributed by atoms with Gasteiger partial charge in [-0.05, 0) is 50.4 Å². The molecule has 1 unspecified atom stereocenters. The van der Waals surface area contributed by atoms with Gasteiger partial charge in [-0.25, -0.2) is 4.98 Å². The first-order valence-corrected chi connectivity index (χ1v) is 8.65. The van der Waals surface area contributed by atoms with E-state index in [1.54, 1.807) is 6.07 Å². The van der Waals surface area contributed by atoms with E-state index in [0.29, 0.717) is 36.3 Å². The molecule has 3 rings (SSSR count). The van der Waals surface area contributed by atoms with Crippen LogP contribution in [-0.2, 0) is 11.3 Å². The van der Waals surface area contributed by atoms with Gasteiger partial charge in [-0.15, -0.1) is 12.4 Å². The number of rotatable bonds is 6. The van der Waals surface area contributed by atoms with Crippen LogP contribution in [0.15, 0.2) is 35.4 Å². The number of piperidine rings is 1. The number of nitrogens with one attached hydrogen (secondary N) is 2. The zero-order chi connectivity index (χ0) is 16.8. The fourth-order valence-corrected chi connectivity index (χ4v) is 3.16. The molecule has 1 fully saturated rings. The standard InChI is InChI=1S/C18H24N4O2.ClH/c23-17(20-10-7-14-4-3-9-19-12-14)8-11-22-13-21-16-6-2-1-5-15(16)18(22)24;/h1-2,5-6,13-14,19H,3-4,7-12H2,(H,20,23);1H. The summed E-state index contributed by atoms with van der Waals surface area (Å²) in [5.41, 5.74) is 0.589. The second-order valence-corrected chi connectivity index (χ2v) is 6.36. The Bertz CT molecular complexity index is 756.